The molecular formula is C19H18FN5O3S. The summed E-state index contributed by atoms with van der Waals surface area (Å²) in [6.07, 6.45) is 0.272. The van der Waals surface area contributed by atoms with Crippen molar-refractivity contribution in [2.45, 2.75) is 13.0 Å². The molecule has 0 aliphatic carbocycles. The third-order valence-corrected chi connectivity index (χ3v) is 5.59. The van der Waals surface area contributed by atoms with E-state index in [-0.39, 0.29) is 30.5 Å². The topological polar surface area (TPSA) is 90.2 Å². The first-order chi connectivity index (χ1) is 14.1. The largest absolute Gasteiger partial charge is 0.378 e. The maximum absolute atomic E-state index is 13.0. The van der Waals surface area contributed by atoms with Crippen molar-refractivity contribution in [2.24, 2.45) is 0 Å². The molecule has 10 heteroatoms. The van der Waals surface area contributed by atoms with Crippen LogP contribution in [0, 0.1) is 5.82 Å². The van der Waals surface area contributed by atoms with Gasteiger partial charge in [-0.2, -0.15) is 4.80 Å². The number of aromatic nitrogens is 4. The van der Waals surface area contributed by atoms with E-state index in [2.05, 4.69) is 15.4 Å². The highest BCUT2D eigenvalue weighted by atomic mass is 32.1. The Kier molecular flexibility index (Phi) is 5.72. The molecule has 29 heavy (non-hydrogen) atoms. The molecule has 1 fully saturated rings. The molecule has 1 aliphatic rings. The molecule has 0 N–H and O–H groups in total. The summed E-state index contributed by atoms with van der Waals surface area (Å²) in [6.45, 7) is 2.26. The highest BCUT2D eigenvalue weighted by Crippen LogP contribution is 2.19. The summed E-state index contributed by atoms with van der Waals surface area (Å²) >= 11 is 1.30. The predicted molar refractivity (Wildman–Crippen MR) is 103 cm³/mol. The summed E-state index contributed by atoms with van der Waals surface area (Å²) in [6, 6.07) is 9.24. The van der Waals surface area contributed by atoms with Gasteiger partial charge in [0.2, 0.25) is 11.7 Å². The average molecular weight is 415 g/mol. The summed E-state index contributed by atoms with van der Waals surface area (Å²) in [5.41, 5.74) is 0.616. The highest BCUT2D eigenvalue weighted by molar-refractivity contribution is 7.14. The van der Waals surface area contributed by atoms with Gasteiger partial charge in [0, 0.05) is 23.5 Å². The van der Waals surface area contributed by atoms with Crippen molar-refractivity contribution in [1.82, 2.24) is 25.1 Å². The van der Waals surface area contributed by atoms with Crippen molar-refractivity contribution in [3.05, 3.63) is 52.0 Å². The van der Waals surface area contributed by atoms with Gasteiger partial charge in [-0.1, -0.05) is 0 Å². The van der Waals surface area contributed by atoms with E-state index < -0.39 is 0 Å². The fourth-order valence-corrected chi connectivity index (χ4v) is 3.86. The number of rotatable bonds is 6. The number of nitrogens with zero attached hydrogens (tertiary/aromatic N) is 5. The van der Waals surface area contributed by atoms with Crippen molar-refractivity contribution in [3.63, 3.8) is 0 Å². The second kappa shape index (κ2) is 8.58. The van der Waals surface area contributed by atoms with E-state index in [0.29, 0.717) is 42.6 Å². The number of ketones is 1. The van der Waals surface area contributed by atoms with Crippen LogP contribution in [0.2, 0.25) is 0 Å². The molecule has 2 aromatic heterocycles. The SMILES string of the molecule is O=C(Cn1nnc(-c2ccc(F)cc2)n1)c1ccc(CC(=O)N2CCOCC2)s1. The maximum Gasteiger partial charge on any atom is 0.227 e. The van der Waals surface area contributed by atoms with Crippen molar-refractivity contribution in [2.75, 3.05) is 26.3 Å². The fraction of sp³-hybridized carbons (Fsp3) is 0.316. The molecule has 0 unspecified atom stereocenters. The summed E-state index contributed by atoms with van der Waals surface area (Å²) < 4.78 is 18.3. The first-order valence-corrected chi connectivity index (χ1v) is 9.91. The minimum Gasteiger partial charge on any atom is -0.378 e. The molecule has 1 aromatic carbocycles. The molecule has 3 heterocycles. The Labute approximate surface area is 169 Å². The molecule has 1 amide bonds. The lowest BCUT2D eigenvalue weighted by molar-refractivity contribution is -0.134. The van der Waals surface area contributed by atoms with Gasteiger partial charge in [0.25, 0.3) is 0 Å². The van der Waals surface area contributed by atoms with Crippen LogP contribution in [-0.4, -0.2) is 63.1 Å². The number of tetrazole rings is 1. The van der Waals surface area contributed by atoms with E-state index in [1.807, 2.05) is 0 Å². The Morgan fingerprint density at radius 2 is 1.86 bits per heavy atom. The fourth-order valence-electron chi connectivity index (χ4n) is 2.93. The van der Waals surface area contributed by atoms with E-state index in [4.69, 9.17) is 4.74 Å². The second-order valence-electron chi connectivity index (χ2n) is 6.51. The van der Waals surface area contributed by atoms with E-state index >= 15 is 0 Å². The summed E-state index contributed by atoms with van der Waals surface area (Å²) in [5, 5.41) is 12.0. The van der Waals surface area contributed by atoms with E-state index in [0.717, 1.165) is 4.88 Å². The maximum atomic E-state index is 13.0. The Hall–Kier alpha value is -2.98. The van der Waals surface area contributed by atoms with Crippen LogP contribution in [0.25, 0.3) is 11.4 Å². The Morgan fingerprint density at radius 1 is 1.10 bits per heavy atom. The van der Waals surface area contributed by atoms with Gasteiger partial charge in [-0.15, -0.1) is 21.5 Å². The third kappa shape index (κ3) is 4.72. The third-order valence-electron chi connectivity index (χ3n) is 4.47. The molecular weight excluding hydrogens is 397 g/mol. The van der Waals surface area contributed by atoms with Crippen LogP contribution in [0.3, 0.4) is 0 Å². The van der Waals surface area contributed by atoms with Crippen LogP contribution >= 0.6 is 11.3 Å². The van der Waals surface area contributed by atoms with E-state index in [9.17, 15) is 14.0 Å². The highest BCUT2D eigenvalue weighted by Gasteiger charge is 2.19. The van der Waals surface area contributed by atoms with Gasteiger partial charge in [-0.25, -0.2) is 4.39 Å². The number of Topliss-reactive ketones (excluding diaryl/α,β-unsaturated/α-hetero) is 1. The number of thiophene rings is 1. The first-order valence-electron chi connectivity index (χ1n) is 9.10. The molecule has 0 saturated carbocycles. The quantitative estimate of drug-likeness (QED) is 0.571. The van der Waals surface area contributed by atoms with Gasteiger partial charge >= 0.3 is 0 Å². The molecule has 1 saturated heterocycles. The molecule has 0 bridgehead atoms. The normalized spacial score (nSPS) is 14.2. The van der Waals surface area contributed by atoms with Crippen LogP contribution in [0.5, 0.6) is 0 Å². The molecule has 0 spiro atoms. The van der Waals surface area contributed by atoms with Gasteiger partial charge < -0.3 is 9.64 Å². The van der Waals surface area contributed by atoms with Crippen molar-refractivity contribution in [1.29, 1.82) is 0 Å². The minimum absolute atomic E-state index is 0.0380. The average Bonchev–Trinajstić information content (AvgIpc) is 3.39. The minimum atomic E-state index is -0.350. The standard InChI is InChI=1S/C19H18FN5O3S/c20-14-3-1-13(2-4-14)19-21-23-25(22-19)12-16(26)17-6-5-15(29-17)11-18(27)24-7-9-28-10-8-24/h1-6H,7-12H2. The van der Waals surface area contributed by atoms with E-state index in [1.54, 1.807) is 29.2 Å². The zero-order valence-corrected chi connectivity index (χ0v) is 16.3. The smallest absolute Gasteiger partial charge is 0.227 e. The molecule has 150 valence electrons. The number of carbonyl (C=O) groups is 2. The predicted octanol–water partition coefficient (Wildman–Crippen LogP) is 1.82. The number of amides is 1. The Morgan fingerprint density at radius 3 is 2.62 bits per heavy atom. The molecule has 4 rings (SSSR count). The number of carbonyl (C=O) groups excluding carboxylic acids is 2. The van der Waals surface area contributed by atoms with Crippen molar-refractivity contribution < 1.29 is 18.7 Å². The van der Waals surface area contributed by atoms with Crippen LogP contribution < -0.4 is 0 Å². The van der Waals surface area contributed by atoms with Crippen LogP contribution in [0.1, 0.15) is 14.5 Å². The molecule has 0 radical (unpaired) electrons. The lowest BCUT2D eigenvalue weighted by Gasteiger charge is -2.26. The summed E-state index contributed by atoms with van der Waals surface area (Å²) in [4.78, 5) is 29.2. The monoisotopic (exact) mass is 415 g/mol. The van der Waals surface area contributed by atoms with Gasteiger partial charge in [0.15, 0.2) is 5.78 Å². The number of benzene rings is 1. The molecule has 1 aliphatic heterocycles. The van der Waals surface area contributed by atoms with Crippen molar-refractivity contribution >= 4 is 23.0 Å². The summed E-state index contributed by atoms with van der Waals surface area (Å²) in [5.74, 6) is -0.156. The molecule has 0 atom stereocenters. The number of hydrogen-bond acceptors (Lipinski definition) is 7. The van der Waals surface area contributed by atoms with Gasteiger partial charge in [-0.3, -0.25) is 9.59 Å². The molecule has 3 aromatic rings. The number of halogens is 1. The second-order valence-corrected chi connectivity index (χ2v) is 7.68. The number of morpholine rings is 1. The van der Waals surface area contributed by atoms with E-state index in [1.165, 1.54) is 28.3 Å². The Bertz CT molecular complexity index is 1010. The van der Waals surface area contributed by atoms with Gasteiger partial charge in [0.1, 0.15) is 12.4 Å². The number of hydrogen-bond donors (Lipinski definition) is 0. The zero-order valence-electron chi connectivity index (χ0n) is 15.5. The van der Waals surface area contributed by atoms with Gasteiger partial charge in [0.05, 0.1) is 24.5 Å². The lowest BCUT2D eigenvalue weighted by atomic mass is 10.2. The Balaban J connectivity index is 1.37. The van der Waals surface area contributed by atoms with Gasteiger partial charge in [-0.05, 0) is 41.6 Å². The van der Waals surface area contributed by atoms with Crippen LogP contribution in [0.15, 0.2) is 36.4 Å². The zero-order chi connectivity index (χ0) is 20.2. The number of ether oxygens (including phenoxy) is 1. The van der Waals surface area contributed by atoms with Crippen LogP contribution in [0.4, 0.5) is 4.39 Å². The summed E-state index contributed by atoms with van der Waals surface area (Å²) in [7, 11) is 0. The molecule has 8 nitrogen and oxygen atoms in total. The van der Waals surface area contributed by atoms with Crippen molar-refractivity contribution in [3.8, 4) is 11.4 Å². The first kappa shape index (κ1) is 19.3. The van der Waals surface area contributed by atoms with Crippen LogP contribution in [-0.2, 0) is 22.5 Å². The lowest BCUT2D eigenvalue weighted by Crippen LogP contribution is -2.41.